The molecule has 2 rings (SSSR count). The lowest BCUT2D eigenvalue weighted by Crippen LogP contribution is -2.31. The number of benzene rings is 1. The molecular formula is C14H20N2O4S. The highest BCUT2D eigenvalue weighted by Gasteiger charge is 2.42. The first-order valence-electron chi connectivity index (χ1n) is 6.92. The number of sulfonamides is 1. The van der Waals surface area contributed by atoms with E-state index in [0.29, 0.717) is 6.54 Å². The summed E-state index contributed by atoms with van der Waals surface area (Å²) in [5.41, 5.74) is 5.49. The van der Waals surface area contributed by atoms with Gasteiger partial charge in [-0.2, -0.15) is 0 Å². The predicted octanol–water partition coefficient (Wildman–Crippen LogP) is 1.83. The summed E-state index contributed by atoms with van der Waals surface area (Å²) in [6.45, 7) is 2.42. The fraction of sp³-hybridized carbons (Fsp3) is 0.500. The Kier molecular flexibility index (Phi) is 4.25. The molecule has 1 saturated carbocycles. The summed E-state index contributed by atoms with van der Waals surface area (Å²) in [4.78, 5) is 10.9. The maximum atomic E-state index is 12.3. The third-order valence-corrected chi connectivity index (χ3v) is 5.36. The summed E-state index contributed by atoms with van der Waals surface area (Å²) in [5, 5.41) is 9.13. The van der Waals surface area contributed by atoms with E-state index in [2.05, 4.69) is 11.6 Å². The molecule has 0 radical (unpaired) electrons. The van der Waals surface area contributed by atoms with Crippen LogP contribution in [-0.4, -0.2) is 26.0 Å². The number of carbonyl (C=O) groups is 1. The molecular weight excluding hydrogens is 292 g/mol. The first kappa shape index (κ1) is 15.8. The lowest BCUT2D eigenvalue weighted by Gasteiger charge is -2.16. The number of nitrogen functional groups attached to an aromatic ring is 1. The standard InChI is InChI=1S/C14H20N2O4S/c1-2-5-14(6-7-14)9-16-21(19,20)12-4-3-10(15)8-11(12)13(17)18/h3-4,8,16H,2,5-7,9,15H2,1H3,(H,17,18). The first-order valence-corrected chi connectivity index (χ1v) is 8.40. The van der Waals surface area contributed by atoms with Gasteiger partial charge in [0.2, 0.25) is 10.0 Å². The Morgan fingerprint density at radius 3 is 2.62 bits per heavy atom. The Hall–Kier alpha value is -1.60. The van der Waals surface area contributed by atoms with E-state index in [0.717, 1.165) is 31.7 Å². The average Bonchev–Trinajstić information content (AvgIpc) is 3.17. The van der Waals surface area contributed by atoms with Gasteiger partial charge in [-0.1, -0.05) is 13.3 Å². The van der Waals surface area contributed by atoms with Gasteiger partial charge in [0.1, 0.15) is 0 Å². The van der Waals surface area contributed by atoms with Gasteiger partial charge in [-0.3, -0.25) is 0 Å². The molecule has 1 aliphatic carbocycles. The van der Waals surface area contributed by atoms with Gasteiger partial charge >= 0.3 is 5.97 Å². The number of aromatic carboxylic acids is 1. The minimum atomic E-state index is -3.85. The van der Waals surface area contributed by atoms with Crippen molar-refractivity contribution in [3.8, 4) is 0 Å². The van der Waals surface area contributed by atoms with E-state index >= 15 is 0 Å². The van der Waals surface area contributed by atoms with Gasteiger partial charge in [-0.15, -0.1) is 0 Å². The highest BCUT2D eigenvalue weighted by molar-refractivity contribution is 7.89. The van der Waals surface area contributed by atoms with Crippen molar-refractivity contribution in [1.82, 2.24) is 4.72 Å². The molecule has 0 aromatic heterocycles. The summed E-state index contributed by atoms with van der Waals surface area (Å²) in [5.74, 6) is -1.31. The van der Waals surface area contributed by atoms with Gasteiger partial charge in [-0.05, 0) is 42.9 Å². The van der Waals surface area contributed by atoms with Crippen LogP contribution in [0.25, 0.3) is 0 Å². The van der Waals surface area contributed by atoms with Crippen LogP contribution in [0.4, 0.5) is 5.69 Å². The van der Waals surface area contributed by atoms with Gasteiger partial charge in [0.05, 0.1) is 10.5 Å². The monoisotopic (exact) mass is 312 g/mol. The minimum Gasteiger partial charge on any atom is -0.478 e. The third-order valence-electron chi connectivity index (χ3n) is 3.90. The summed E-state index contributed by atoms with van der Waals surface area (Å²) in [7, 11) is -3.85. The Morgan fingerprint density at radius 2 is 2.10 bits per heavy atom. The van der Waals surface area contributed by atoms with E-state index in [1.165, 1.54) is 12.1 Å². The average molecular weight is 312 g/mol. The Labute approximate surface area is 124 Å². The SMILES string of the molecule is CCCC1(CNS(=O)(=O)c2ccc(N)cc2C(=O)O)CC1. The summed E-state index contributed by atoms with van der Waals surface area (Å²) in [6, 6.07) is 3.79. The zero-order valence-corrected chi connectivity index (χ0v) is 12.7. The van der Waals surface area contributed by atoms with E-state index in [4.69, 9.17) is 10.8 Å². The van der Waals surface area contributed by atoms with Crippen molar-refractivity contribution in [3.63, 3.8) is 0 Å². The molecule has 1 fully saturated rings. The van der Waals surface area contributed by atoms with Crippen LogP contribution in [0.1, 0.15) is 43.0 Å². The molecule has 7 heteroatoms. The highest BCUT2D eigenvalue weighted by Crippen LogP contribution is 2.49. The van der Waals surface area contributed by atoms with Crippen molar-refractivity contribution in [3.05, 3.63) is 23.8 Å². The van der Waals surface area contributed by atoms with Crippen LogP contribution in [0.5, 0.6) is 0 Å². The molecule has 0 spiro atoms. The minimum absolute atomic E-state index is 0.0546. The molecule has 0 saturated heterocycles. The van der Waals surface area contributed by atoms with Gasteiger partial charge in [0.15, 0.2) is 0 Å². The molecule has 21 heavy (non-hydrogen) atoms. The van der Waals surface area contributed by atoms with E-state index in [9.17, 15) is 13.2 Å². The van der Waals surface area contributed by atoms with Crippen molar-refractivity contribution in [2.24, 2.45) is 5.41 Å². The third kappa shape index (κ3) is 3.54. The molecule has 0 amide bonds. The lowest BCUT2D eigenvalue weighted by molar-refractivity contribution is 0.0692. The molecule has 0 unspecified atom stereocenters. The van der Waals surface area contributed by atoms with Crippen LogP contribution in [-0.2, 0) is 10.0 Å². The Bertz CT molecular complexity index is 651. The summed E-state index contributed by atoms with van der Waals surface area (Å²) >= 11 is 0. The van der Waals surface area contributed by atoms with E-state index in [1.54, 1.807) is 0 Å². The molecule has 0 bridgehead atoms. The van der Waals surface area contributed by atoms with Crippen LogP contribution in [0.3, 0.4) is 0 Å². The smallest absolute Gasteiger partial charge is 0.337 e. The van der Waals surface area contributed by atoms with Gasteiger partial charge in [0.25, 0.3) is 0 Å². The molecule has 1 aliphatic rings. The molecule has 6 nitrogen and oxygen atoms in total. The summed E-state index contributed by atoms with van der Waals surface area (Å²) < 4.78 is 27.2. The van der Waals surface area contributed by atoms with Crippen LogP contribution >= 0.6 is 0 Å². The second-order valence-corrected chi connectivity index (χ2v) is 7.37. The van der Waals surface area contributed by atoms with Gasteiger partial charge in [-0.25, -0.2) is 17.9 Å². The van der Waals surface area contributed by atoms with E-state index in [-0.39, 0.29) is 21.6 Å². The fourth-order valence-electron chi connectivity index (χ4n) is 2.50. The van der Waals surface area contributed by atoms with Crippen molar-refractivity contribution in [2.75, 3.05) is 12.3 Å². The number of rotatable bonds is 7. The lowest BCUT2D eigenvalue weighted by atomic mass is 10.0. The Morgan fingerprint density at radius 1 is 1.43 bits per heavy atom. The molecule has 116 valence electrons. The van der Waals surface area contributed by atoms with Crippen LogP contribution in [0.2, 0.25) is 0 Å². The van der Waals surface area contributed by atoms with E-state index < -0.39 is 16.0 Å². The summed E-state index contributed by atoms with van der Waals surface area (Å²) in [6.07, 6.45) is 4.00. The number of hydrogen-bond acceptors (Lipinski definition) is 4. The second kappa shape index (κ2) is 5.65. The zero-order chi connectivity index (χ0) is 15.7. The normalized spacial score (nSPS) is 16.6. The maximum Gasteiger partial charge on any atom is 0.337 e. The quantitative estimate of drug-likeness (QED) is 0.665. The highest BCUT2D eigenvalue weighted by atomic mass is 32.2. The number of nitrogens with one attached hydrogen (secondary N) is 1. The number of nitrogens with two attached hydrogens (primary N) is 1. The Balaban J connectivity index is 2.22. The molecule has 0 atom stereocenters. The van der Waals surface area contributed by atoms with Crippen LogP contribution in [0.15, 0.2) is 23.1 Å². The van der Waals surface area contributed by atoms with Gasteiger partial charge < -0.3 is 10.8 Å². The van der Waals surface area contributed by atoms with Crippen molar-refractivity contribution in [2.45, 2.75) is 37.5 Å². The molecule has 0 heterocycles. The largest absolute Gasteiger partial charge is 0.478 e. The van der Waals surface area contributed by atoms with Crippen LogP contribution < -0.4 is 10.5 Å². The van der Waals surface area contributed by atoms with E-state index in [1.807, 2.05) is 0 Å². The first-order chi connectivity index (χ1) is 9.80. The maximum absolute atomic E-state index is 12.3. The zero-order valence-electron chi connectivity index (χ0n) is 11.9. The molecule has 1 aromatic carbocycles. The molecule has 1 aromatic rings. The van der Waals surface area contributed by atoms with Crippen molar-refractivity contribution >= 4 is 21.7 Å². The molecule has 0 aliphatic heterocycles. The number of carboxylic acid groups (broad SMARTS) is 1. The number of hydrogen-bond donors (Lipinski definition) is 3. The van der Waals surface area contributed by atoms with Crippen LogP contribution in [0, 0.1) is 5.41 Å². The predicted molar refractivity (Wildman–Crippen MR) is 79.6 cm³/mol. The van der Waals surface area contributed by atoms with Crippen molar-refractivity contribution in [1.29, 1.82) is 0 Å². The molecule has 4 N–H and O–H groups in total. The van der Waals surface area contributed by atoms with Gasteiger partial charge in [0, 0.05) is 12.2 Å². The topological polar surface area (TPSA) is 109 Å². The second-order valence-electron chi connectivity index (χ2n) is 5.64. The number of carboxylic acids is 1. The number of anilines is 1. The van der Waals surface area contributed by atoms with Crippen molar-refractivity contribution < 1.29 is 18.3 Å². The fourth-order valence-corrected chi connectivity index (χ4v) is 3.83.